The van der Waals surface area contributed by atoms with Crippen molar-refractivity contribution >= 4 is 16.7 Å². The van der Waals surface area contributed by atoms with Crippen LogP contribution in [-0.2, 0) is 5.54 Å². The molecule has 3 heteroatoms. The van der Waals surface area contributed by atoms with Gasteiger partial charge in [-0.2, -0.15) is 0 Å². The molecule has 4 saturated carbocycles. The molecular weight excluding hydrogens is 258 g/mol. The van der Waals surface area contributed by atoms with Crippen molar-refractivity contribution in [3.8, 4) is 0 Å². The van der Waals surface area contributed by atoms with E-state index in [0.717, 1.165) is 29.0 Å². The van der Waals surface area contributed by atoms with E-state index in [0.29, 0.717) is 5.54 Å². The quantitative estimate of drug-likeness (QED) is 0.807. The van der Waals surface area contributed by atoms with Crippen LogP contribution in [0.15, 0.2) is 18.2 Å². The molecule has 21 heavy (non-hydrogen) atoms. The van der Waals surface area contributed by atoms with Gasteiger partial charge in [-0.25, -0.2) is 4.98 Å². The average molecular weight is 281 g/mol. The van der Waals surface area contributed by atoms with Crippen molar-refractivity contribution in [2.45, 2.75) is 51.0 Å². The number of anilines is 1. The number of aryl methyl sites for hydroxylation is 1. The average Bonchev–Trinajstić information content (AvgIpc) is 2.72. The molecule has 3 nitrogen and oxygen atoms in total. The number of aromatic nitrogens is 2. The van der Waals surface area contributed by atoms with Crippen LogP contribution in [0.2, 0.25) is 0 Å². The van der Waals surface area contributed by atoms with Gasteiger partial charge in [0.2, 0.25) is 0 Å². The molecule has 0 saturated heterocycles. The Morgan fingerprint density at radius 3 is 2.33 bits per heavy atom. The van der Waals surface area contributed by atoms with Crippen LogP contribution in [0.5, 0.6) is 0 Å². The number of benzene rings is 1. The first-order valence-electron chi connectivity index (χ1n) is 8.38. The van der Waals surface area contributed by atoms with Gasteiger partial charge in [-0.1, -0.05) is 0 Å². The van der Waals surface area contributed by atoms with Crippen LogP contribution in [-0.4, -0.2) is 9.55 Å². The highest BCUT2D eigenvalue weighted by Gasteiger charge is 2.52. The van der Waals surface area contributed by atoms with Gasteiger partial charge in [0.1, 0.15) is 5.82 Å². The smallest absolute Gasteiger partial charge is 0.107 e. The standard InChI is InChI=1S/C18H23N3/c1-11-20-16-7-15(19)2-3-17(16)21(11)18-8-12-4-13(9-18)6-14(5-12)10-18/h2-3,7,12-14H,4-6,8-10,19H2,1H3. The number of rotatable bonds is 1. The molecule has 1 heterocycles. The summed E-state index contributed by atoms with van der Waals surface area (Å²) in [7, 11) is 0. The Labute approximate surface area is 125 Å². The minimum absolute atomic E-state index is 0.351. The summed E-state index contributed by atoms with van der Waals surface area (Å²) in [5.41, 5.74) is 9.48. The molecule has 0 atom stereocenters. The lowest BCUT2D eigenvalue weighted by atomic mass is 9.53. The van der Waals surface area contributed by atoms with Crippen molar-refractivity contribution in [2.75, 3.05) is 5.73 Å². The predicted molar refractivity (Wildman–Crippen MR) is 85.0 cm³/mol. The molecule has 1 aromatic heterocycles. The molecule has 0 aliphatic heterocycles. The van der Waals surface area contributed by atoms with Crippen molar-refractivity contribution in [3.05, 3.63) is 24.0 Å². The van der Waals surface area contributed by atoms with Crippen LogP contribution in [0.1, 0.15) is 44.3 Å². The van der Waals surface area contributed by atoms with E-state index in [1.807, 2.05) is 12.1 Å². The van der Waals surface area contributed by atoms with Crippen LogP contribution < -0.4 is 5.73 Å². The van der Waals surface area contributed by atoms with Crippen molar-refractivity contribution in [3.63, 3.8) is 0 Å². The number of imidazole rings is 1. The first-order chi connectivity index (χ1) is 10.1. The second kappa shape index (κ2) is 3.82. The maximum absolute atomic E-state index is 5.94. The van der Waals surface area contributed by atoms with E-state index in [9.17, 15) is 0 Å². The Bertz CT molecular complexity index is 692. The molecule has 4 bridgehead atoms. The molecule has 6 rings (SSSR count). The Morgan fingerprint density at radius 2 is 1.71 bits per heavy atom. The summed E-state index contributed by atoms with van der Waals surface area (Å²) >= 11 is 0. The van der Waals surface area contributed by atoms with Crippen LogP contribution >= 0.6 is 0 Å². The molecule has 4 fully saturated rings. The number of hydrogen-bond acceptors (Lipinski definition) is 2. The molecule has 0 spiro atoms. The van der Waals surface area contributed by atoms with Crippen molar-refractivity contribution < 1.29 is 0 Å². The van der Waals surface area contributed by atoms with E-state index in [1.165, 1.54) is 49.9 Å². The summed E-state index contributed by atoms with van der Waals surface area (Å²) in [6, 6.07) is 6.24. The van der Waals surface area contributed by atoms with Gasteiger partial charge in [-0.15, -0.1) is 0 Å². The normalized spacial score (nSPS) is 37.5. The molecule has 110 valence electrons. The number of nitrogens with zero attached hydrogens (tertiary/aromatic N) is 2. The summed E-state index contributed by atoms with van der Waals surface area (Å²) < 4.78 is 2.59. The van der Waals surface area contributed by atoms with Gasteiger partial charge in [0, 0.05) is 11.2 Å². The predicted octanol–water partition coefficient (Wildman–Crippen LogP) is 3.85. The zero-order chi connectivity index (χ0) is 14.2. The maximum Gasteiger partial charge on any atom is 0.107 e. The van der Waals surface area contributed by atoms with E-state index in [1.54, 1.807) is 0 Å². The fourth-order valence-corrected chi connectivity index (χ4v) is 6.16. The monoisotopic (exact) mass is 281 g/mol. The summed E-state index contributed by atoms with van der Waals surface area (Å²) in [5, 5.41) is 0. The van der Waals surface area contributed by atoms with E-state index < -0.39 is 0 Å². The Hall–Kier alpha value is -1.51. The van der Waals surface area contributed by atoms with Gasteiger partial charge in [0.05, 0.1) is 11.0 Å². The van der Waals surface area contributed by atoms with Gasteiger partial charge in [0.25, 0.3) is 0 Å². The first kappa shape index (κ1) is 12.1. The highest BCUT2D eigenvalue weighted by atomic mass is 15.2. The highest BCUT2D eigenvalue weighted by molar-refractivity contribution is 5.80. The van der Waals surface area contributed by atoms with Crippen LogP contribution in [0.4, 0.5) is 5.69 Å². The van der Waals surface area contributed by atoms with Crippen molar-refractivity contribution in [1.29, 1.82) is 0 Å². The van der Waals surface area contributed by atoms with Gasteiger partial charge >= 0.3 is 0 Å². The SMILES string of the molecule is Cc1nc2cc(N)ccc2n1C12CC3CC(CC(C3)C1)C2. The van der Waals surface area contributed by atoms with Crippen LogP contribution in [0.25, 0.3) is 11.0 Å². The summed E-state index contributed by atoms with van der Waals surface area (Å²) in [6.07, 6.45) is 8.56. The van der Waals surface area contributed by atoms with Gasteiger partial charge in [-0.3, -0.25) is 0 Å². The van der Waals surface area contributed by atoms with E-state index in [2.05, 4.69) is 17.6 Å². The summed E-state index contributed by atoms with van der Waals surface area (Å²) in [5.74, 6) is 4.06. The molecular formula is C18H23N3. The van der Waals surface area contributed by atoms with E-state index in [4.69, 9.17) is 10.7 Å². The third-order valence-electron chi connectivity index (χ3n) is 6.33. The molecule has 2 N–H and O–H groups in total. The first-order valence-corrected chi connectivity index (χ1v) is 8.38. The third kappa shape index (κ3) is 1.58. The van der Waals surface area contributed by atoms with Gasteiger partial charge < -0.3 is 10.3 Å². The topological polar surface area (TPSA) is 43.8 Å². The lowest BCUT2D eigenvalue weighted by Crippen LogP contribution is -2.52. The summed E-state index contributed by atoms with van der Waals surface area (Å²) in [4.78, 5) is 4.81. The molecule has 0 unspecified atom stereocenters. The Morgan fingerprint density at radius 1 is 1.10 bits per heavy atom. The molecule has 2 aromatic rings. The molecule has 0 amide bonds. The lowest BCUT2D eigenvalue weighted by Gasteiger charge is -2.57. The molecule has 4 aliphatic carbocycles. The minimum atomic E-state index is 0.351. The Balaban J connectivity index is 1.72. The highest BCUT2D eigenvalue weighted by Crippen LogP contribution is 2.59. The fourth-order valence-electron chi connectivity index (χ4n) is 6.16. The zero-order valence-corrected chi connectivity index (χ0v) is 12.7. The van der Waals surface area contributed by atoms with Gasteiger partial charge in [-0.05, 0) is 81.4 Å². The minimum Gasteiger partial charge on any atom is -0.399 e. The number of nitrogens with two attached hydrogens (primary N) is 1. The van der Waals surface area contributed by atoms with Crippen LogP contribution in [0, 0.1) is 24.7 Å². The Kier molecular flexibility index (Phi) is 2.20. The second-order valence-corrected chi connectivity index (χ2v) is 7.88. The van der Waals surface area contributed by atoms with Crippen LogP contribution in [0.3, 0.4) is 0 Å². The lowest BCUT2D eigenvalue weighted by molar-refractivity contribution is -0.0419. The van der Waals surface area contributed by atoms with Gasteiger partial charge in [0.15, 0.2) is 0 Å². The third-order valence-corrected chi connectivity index (χ3v) is 6.33. The fraction of sp³-hybridized carbons (Fsp3) is 0.611. The maximum atomic E-state index is 5.94. The largest absolute Gasteiger partial charge is 0.399 e. The van der Waals surface area contributed by atoms with Crippen molar-refractivity contribution in [1.82, 2.24) is 9.55 Å². The number of nitrogen functional groups attached to an aromatic ring is 1. The second-order valence-electron chi connectivity index (χ2n) is 7.88. The zero-order valence-electron chi connectivity index (χ0n) is 12.7. The number of fused-ring (bicyclic) bond motifs is 1. The number of hydrogen-bond donors (Lipinski definition) is 1. The molecule has 1 aromatic carbocycles. The molecule has 0 radical (unpaired) electrons. The van der Waals surface area contributed by atoms with E-state index >= 15 is 0 Å². The summed E-state index contributed by atoms with van der Waals surface area (Å²) in [6.45, 7) is 2.18. The van der Waals surface area contributed by atoms with Crippen molar-refractivity contribution in [2.24, 2.45) is 17.8 Å². The van der Waals surface area contributed by atoms with E-state index in [-0.39, 0.29) is 0 Å². The molecule has 4 aliphatic rings.